The maximum Gasteiger partial charge on any atom is 0.155 e. The summed E-state index contributed by atoms with van der Waals surface area (Å²) in [6, 6.07) is 12.9. The van der Waals surface area contributed by atoms with Crippen LogP contribution >= 0.6 is 37.2 Å². The number of hydrogen-bond acceptors (Lipinski definition) is 5. The highest BCUT2D eigenvalue weighted by atomic mass is 35.5. The highest BCUT2D eigenvalue weighted by Crippen LogP contribution is 2.29. The molecule has 3 unspecified atom stereocenters. The van der Waals surface area contributed by atoms with Crippen molar-refractivity contribution in [2.75, 3.05) is 5.32 Å². The number of pyridine rings is 1. The molecule has 0 radical (unpaired) electrons. The Balaban J connectivity index is 0.00000160. The van der Waals surface area contributed by atoms with Crippen molar-refractivity contribution in [3.8, 4) is 0 Å². The molecule has 4 rings (SSSR count). The lowest BCUT2D eigenvalue weighted by Crippen LogP contribution is -2.39. The molecule has 2 heterocycles. The van der Waals surface area contributed by atoms with Crippen molar-refractivity contribution in [3.05, 3.63) is 59.7 Å². The Morgan fingerprint density at radius 1 is 1.03 bits per heavy atom. The van der Waals surface area contributed by atoms with E-state index in [1.165, 1.54) is 5.56 Å². The van der Waals surface area contributed by atoms with Gasteiger partial charge in [0.15, 0.2) is 5.82 Å². The molecule has 168 valence electrons. The third kappa shape index (κ3) is 6.78. The number of fused-ring (bicyclic) bond motifs is 1. The SMILES string of the molecule is Cc1ccc2nc(/C=C/c3ccccn3)nc(NC3CCC(N)CC3C)c2c1.Cl.Cl.Cl. The van der Waals surface area contributed by atoms with E-state index in [1.807, 2.05) is 30.4 Å². The number of nitrogens with one attached hydrogen (secondary N) is 1. The van der Waals surface area contributed by atoms with Gasteiger partial charge in [-0.05, 0) is 68.5 Å². The number of benzene rings is 1. The molecule has 1 aliphatic carbocycles. The molecule has 0 saturated heterocycles. The first-order chi connectivity index (χ1) is 13.6. The molecule has 31 heavy (non-hydrogen) atoms. The predicted molar refractivity (Wildman–Crippen MR) is 138 cm³/mol. The zero-order valence-electron chi connectivity index (χ0n) is 17.7. The number of rotatable bonds is 4. The Labute approximate surface area is 202 Å². The maximum atomic E-state index is 6.14. The topological polar surface area (TPSA) is 76.7 Å². The van der Waals surface area contributed by atoms with Crippen LogP contribution in [0.5, 0.6) is 0 Å². The first kappa shape index (κ1) is 27.1. The van der Waals surface area contributed by atoms with Crippen LogP contribution in [0.4, 0.5) is 5.82 Å². The Hall–Kier alpha value is -1.92. The van der Waals surface area contributed by atoms with Gasteiger partial charge in [0, 0.05) is 23.7 Å². The summed E-state index contributed by atoms with van der Waals surface area (Å²) in [6.07, 6.45) is 8.82. The quantitative estimate of drug-likeness (QED) is 0.499. The fraction of sp³-hybridized carbons (Fsp3) is 0.348. The van der Waals surface area contributed by atoms with E-state index in [0.29, 0.717) is 23.8 Å². The molecule has 3 atom stereocenters. The minimum atomic E-state index is 0. The summed E-state index contributed by atoms with van der Waals surface area (Å²) in [5.41, 5.74) is 9.18. The van der Waals surface area contributed by atoms with Gasteiger partial charge in [-0.3, -0.25) is 4.98 Å². The smallest absolute Gasteiger partial charge is 0.155 e. The fourth-order valence-electron chi connectivity index (χ4n) is 3.91. The number of aryl methyl sites for hydroxylation is 1. The minimum absolute atomic E-state index is 0. The molecule has 3 aromatic rings. The lowest BCUT2D eigenvalue weighted by atomic mass is 9.83. The van der Waals surface area contributed by atoms with Crippen LogP contribution in [0, 0.1) is 12.8 Å². The number of hydrogen-bond donors (Lipinski definition) is 2. The zero-order chi connectivity index (χ0) is 19.5. The second-order valence-corrected chi connectivity index (χ2v) is 7.84. The van der Waals surface area contributed by atoms with E-state index in [4.69, 9.17) is 15.7 Å². The molecule has 8 heteroatoms. The van der Waals surface area contributed by atoms with Crippen LogP contribution in [-0.4, -0.2) is 27.0 Å². The molecular formula is C23H30Cl3N5. The molecule has 2 aromatic heterocycles. The summed E-state index contributed by atoms with van der Waals surface area (Å²) in [7, 11) is 0. The molecule has 3 N–H and O–H groups in total. The second kappa shape index (κ2) is 12.2. The number of anilines is 1. The van der Waals surface area contributed by atoms with Gasteiger partial charge in [-0.2, -0.15) is 0 Å². The van der Waals surface area contributed by atoms with Crippen molar-refractivity contribution in [2.24, 2.45) is 11.7 Å². The molecule has 1 fully saturated rings. The van der Waals surface area contributed by atoms with Gasteiger partial charge in [-0.15, -0.1) is 37.2 Å². The summed E-state index contributed by atoms with van der Waals surface area (Å²) in [5.74, 6) is 2.11. The van der Waals surface area contributed by atoms with E-state index in [1.54, 1.807) is 6.20 Å². The van der Waals surface area contributed by atoms with Gasteiger partial charge < -0.3 is 11.1 Å². The second-order valence-electron chi connectivity index (χ2n) is 7.84. The van der Waals surface area contributed by atoms with E-state index < -0.39 is 0 Å². The number of nitrogens with zero attached hydrogens (tertiary/aromatic N) is 3. The third-order valence-corrected chi connectivity index (χ3v) is 5.49. The van der Waals surface area contributed by atoms with Gasteiger partial charge in [0.25, 0.3) is 0 Å². The molecule has 0 amide bonds. The van der Waals surface area contributed by atoms with Crippen LogP contribution in [0.1, 0.15) is 43.3 Å². The predicted octanol–water partition coefficient (Wildman–Crippen LogP) is 5.70. The van der Waals surface area contributed by atoms with Crippen molar-refractivity contribution in [1.82, 2.24) is 15.0 Å². The zero-order valence-corrected chi connectivity index (χ0v) is 20.1. The number of nitrogens with two attached hydrogens (primary N) is 1. The Bertz CT molecular complexity index is 997. The Kier molecular flexibility index (Phi) is 10.7. The van der Waals surface area contributed by atoms with Gasteiger partial charge >= 0.3 is 0 Å². The maximum absolute atomic E-state index is 6.14. The van der Waals surface area contributed by atoms with Crippen LogP contribution < -0.4 is 11.1 Å². The average molecular weight is 483 g/mol. The van der Waals surface area contributed by atoms with Gasteiger partial charge in [-0.1, -0.05) is 24.6 Å². The Morgan fingerprint density at radius 3 is 2.55 bits per heavy atom. The summed E-state index contributed by atoms with van der Waals surface area (Å²) in [5, 5.41) is 4.77. The number of halogens is 3. The summed E-state index contributed by atoms with van der Waals surface area (Å²) >= 11 is 0. The van der Waals surface area contributed by atoms with Crippen LogP contribution in [0.2, 0.25) is 0 Å². The third-order valence-electron chi connectivity index (χ3n) is 5.49. The standard InChI is InChI=1S/C23H27N5.3ClH/c1-15-6-9-21-19(13-15)23(27-20-10-7-17(24)14-16(20)2)28-22(26-21)11-8-18-5-3-4-12-25-18;;;/h3-6,8-9,11-13,16-17,20H,7,10,14,24H2,1-2H3,(H,26,27,28);3*1H/b11-8+;;;. The van der Waals surface area contributed by atoms with Crippen molar-refractivity contribution < 1.29 is 0 Å². The first-order valence-corrected chi connectivity index (χ1v) is 9.98. The van der Waals surface area contributed by atoms with Crippen LogP contribution in [0.3, 0.4) is 0 Å². The molecule has 1 saturated carbocycles. The van der Waals surface area contributed by atoms with E-state index in [2.05, 4.69) is 42.3 Å². The highest BCUT2D eigenvalue weighted by molar-refractivity contribution is 5.90. The van der Waals surface area contributed by atoms with Crippen LogP contribution in [0.25, 0.3) is 23.1 Å². The van der Waals surface area contributed by atoms with Gasteiger partial charge in [0.2, 0.25) is 0 Å². The molecule has 0 bridgehead atoms. The van der Waals surface area contributed by atoms with Crippen LogP contribution in [-0.2, 0) is 0 Å². The first-order valence-electron chi connectivity index (χ1n) is 9.98. The van der Waals surface area contributed by atoms with Gasteiger partial charge in [0.1, 0.15) is 5.82 Å². The molecule has 0 aliphatic heterocycles. The monoisotopic (exact) mass is 481 g/mol. The fourth-order valence-corrected chi connectivity index (χ4v) is 3.91. The van der Waals surface area contributed by atoms with E-state index in [-0.39, 0.29) is 37.2 Å². The highest BCUT2D eigenvalue weighted by Gasteiger charge is 2.26. The largest absolute Gasteiger partial charge is 0.366 e. The van der Waals surface area contributed by atoms with E-state index in [9.17, 15) is 0 Å². The lowest BCUT2D eigenvalue weighted by Gasteiger charge is -2.33. The molecule has 1 aliphatic rings. The number of aromatic nitrogens is 3. The average Bonchev–Trinajstić information content (AvgIpc) is 2.69. The van der Waals surface area contributed by atoms with Crippen molar-refractivity contribution in [2.45, 2.75) is 45.2 Å². The Morgan fingerprint density at radius 2 is 1.84 bits per heavy atom. The molecular weight excluding hydrogens is 453 g/mol. The molecule has 0 spiro atoms. The van der Waals surface area contributed by atoms with Crippen molar-refractivity contribution in [1.29, 1.82) is 0 Å². The van der Waals surface area contributed by atoms with Gasteiger partial charge in [-0.25, -0.2) is 9.97 Å². The molecule has 5 nitrogen and oxygen atoms in total. The normalized spacial score (nSPS) is 20.4. The van der Waals surface area contributed by atoms with Gasteiger partial charge in [0.05, 0.1) is 11.2 Å². The lowest BCUT2D eigenvalue weighted by molar-refractivity contribution is 0.314. The summed E-state index contributed by atoms with van der Waals surface area (Å²) < 4.78 is 0. The van der Waals surface area contributed by atoms with E-state index in [0.717, 1.165) is 41.7 Å². The van der Waals surface area contributed by atoms with E-state index >= 15 is 0 Å². The molecule has 1 aromatic carbocycles. The minimum Gasteiger partial charge on any atom is -0.366 e. The van der Waals surface area contributed by atoms with Crippen molar-refractivity contribution >= 4 is 66.1 Å². The summed E-state index contributed by atoms with van der Waals surface area (Å²) in [6.45, 7) is 4.37. The van der Waals surface area contributed by atoms with Crippen molar-refractivity contribution in [3.63, 3.8) is 0 Å². The van der Waals surface area contributed by atoms with Crippen LogP contribution in [0.15, 0.2) is 42.6 Å². The summed E-state index contributed by atoms with van der Waals surface area (Å²) in [4.78, 5) is 13.9.